The lowest BCUT2D eigenvalue weighted by Gasteiger charge is -2.24. The van der Waals surface area contributed by atoms with Gasteiger partial charge in [0.2, 0.25) is 0 Å². The first-order valence-electron chi connectivity index (χ1n) is 6.71. The molecule has 0 atom stereocenters. The molecular formula is C15H20N4. The largest absolute Gasteiger partial charge is 0.366 e. The van der Waals surface area contributed by atoms with E-state index in [1.807, 2.05) is 17.9 Å². The number of hydrogen-bond donors (Lipinski definition) is 0. The number of anilines is 1. The summed E-state index contributed by atoms with van der Waals surface area (Å²) in [6.07, 6.45) is 4.05. The average molecular weight is 256 g/mol. The zero-order valence-corrected chi connectivity index (χ0v) is 11.6. The Bertz CT molecular complexity index is 561. The fourth-order valence-electron chi connectivity index (χ4n) is 2.67. The van der Waals surface area contributed by atoms with Crippen molar-refractivity contribution in [2.24, 2.45) is 7.05 Å². The van der Waals surface area contributed by atoms with Crippen LogP contribution in [0.25, 0.3) is 0 Å². The first-order valence-corrected chi connectivity index (χ1v) is 6.71. The Balaban J connectivity index is 1.88. The van der Waals surface area contributed by atoms with E-state index in [9.17, 15) is 0 Å². The predicted octanol–water partition coefficient (Wildman–Crippen LogP) is 1.87. The van der Waals surface area contributed by atoms with E-state index in [1.165, 1.54) is 16.8 Å². The molecule has 0 saturated carbocycles. The number of benzene rings is 1. The van der Waals surface area contributed by atoms with E-state index >= 15 is 0 Å². The Labute approximate surface area is 114 Å². The molecule has 1 aliphatic rings. The molecular weight excluding hydrogens is 236 g/mol. The Morgan fingerprint density at radius 2 is 2.00 bits per heavy atom. The van der Waals surface area contributed by atoms with Gasteiger partial charge in [-0.3, -0.25) is 4.68 Å². The number of para-hydroxylation sites is 1. The molecule has 3 rings (SSSR count). The van der Waals surface area contributed by atoms with E-state index in [1.54, 1.807) is 0 Å². The van der Waals surface area contributed by atoms with Gasteiger partial charge < -0.3 is 9.80 Å². The second-order valence-electron chi connectivity index (χ2n) is 5.31. The van der Waals surface area contributed by atoms with Gasteiger partial charge in [-0.15, -0.1) is 0 Å². The quantitative estimate of drug-likeness (QED) is 0.820. The van der Waals surface area contributed by atoms with Gasteiger partial charge in [0.1, 0.15) is 0 Å². The van der Waals surface area contributed by atoms with Gasteiger partial charge in [0.15, 0.2) is 0 Å². The third-order valence-corrected chi connectivity index (χ3v) is 3.66. The third-order valence-electron chi connectivity index (χ3n) is 3.66. The van der Waals surface area contributed by atoms with Gasteiger partial charge >= 0.3 is 0 Å². The number of rotatable bonds is 2. The first-order chi connectivity index (χ1) is 9.22. The van der Waals surface area contributed by atoms with Crippen molar-refractivity contribution in [3.05, 3.63) is 47.8 Å². The molecule has 1 aromatic heterocycles. The van der Waals surface area contributed by atoms with Crippen molar-refractivity contribution in [3.8, 4) is 0 Å². The summed E-state index contributed by atoms with van der Waals surface area (Å²) in [4.78, 5) is 4.83. The van der Waals surface area contributed by atoms with E-state index in [-0.39, 0.29) is 0 Å². The highest BCUT2D eigenvalue weighted by atomic mass is 15.3. The zero-order valence-electron chi connectivity index (χ0n) is 11.6. The highest BCUT2D eigenvalue weighted by molar-refractivity contribution is 5.54. The fourth-order valence-corrected chi connectivity index (χ4v) is 2.67. The Kier molecular flexibility index (Phi) is 3.25. The van der Waals surface area contributed by atoms with Gasteiger partial charge in [0.25, 0.3) is 0 Å². The van der Waals surface area contributed by atoms with Gasteiger partial charge in [-0.1, -0.05) is 18.2 Å². The molecule has 2 aromatic rings. The number of aryl methyl sites for hydroxylation is 1. The third kappa shape index (κ3) is 2.63. The molecule has 19 heavy (non-hydrogen) atoms. The molecule has 0 bridgehead atoms. The molecule has 0 amide bonds. The summed E-state index contributed by atoms with van der Waals surface area (Å²) in [5, 5.41) is 4.26. The second kappa shape index (κ2) is 5.05. The van der Waals surface area contributed by atoms with E-state index in [0.29, 0.717) is 0 Å². The molecule has 2 heterocycles. The molecule has 4 heteroatoms. The summed E-state index contributed by atoms with van der Waals surface area (Å²) in [6.45, 7) is 4.11. The summed E-state index contributed by atoms with van der Waals surface area (Å²) in [7, 11) is 4.15. The summed E-state index contributed by atoms with van der Waals surface area (Å²) in [6, 6.07) is 8.71. The Hall–Kier alpha value is -1.81. The fraction of sp³-hybridized carbons (Fsp3) is 0.400. The van der Waals surface area contributed by atoms with Crippen LogP contribution in [0.1, 0.15) is 11.1 Å². The van der Waals surface area contributed by atoms with Crippen LogP contribution in [-0.4, -0.2) is 34.8 Å². The van der Waals surface area contributed by atoms with E-state index in [2.05, 4.69) is 52.4 Å². The van der Waals surface area contributed by atoms with Crippen LogP contribution in [0.3, 0.4) is 0 Å². The van der Waals surface area contributed by atoms with Crippen LogP contribution in [0.2, 0.25) is 0 Å². The number of aromatic nitrogens is 2. The number of likely N-dealkylation sites (N-methyl/N-ethyl adjacent to an activating group) is 1. The van der Waals surface area contributed by atoms with Gasteiger partial charge in [0.05, 0.1) is 6.20 Å². The summed E-state index contributed by atoms with van der Waals surface area (Å²) in [5.41, 5.74) is 4.03. The van der Waals surface area contributed by atoms with Crippen molar-refractivity contribution < 1.29 is 0 Å². The number of nitrogens with zero attached hydrogens (tertiary/aromatic N) is 4. The maximum absolute atomic E-state index is 4.26. The predicted molar refractivity (Wildman–Crippen MR) is 77.0 cm³/mol. The van der Waals surface area contributed by atoms with E-state index in [0.717, 1.165) is 26.2 Å². The monoisotopic (exact) mass is 256 g/mol. The van der Waals surface area contributed by atoms with Crippen LogP contribution in [0.15, 0.2) is 36.7 Å². The molecule has 0 saturated heterocycles. The molecule has 1 aliphatic heterocycles. The van der Waals surface area contributed by atoms with Crippen LogP contribution in [-0.2, 0) is 20.1 Å². The number of hydrogen-bond acceptors (Lipinski definition) is 3. The van der Waals surface area contributed by atoms with Crippen molar-refractivity contribution in [2.75, 3.05) is 25.0 Å². The number of fused-ring (bicyclic) bond motifs is 1. The molecule has 0 spiro atoms. The van der Waals surface area contributed by atoms with Crippen LogP contribution < -0.4 is 4.90 Å². The second-order valence-corrected chi connectivity index (χ2v) is 5.31. The topological polar surface area (TPSA) is 24.3 Å². The van der Waals surface area contributed by atoms with E-state index < -0.39 is 0 Å². The summed E-state index contributed by atoms with van der Waals surface area (Å²) in [5.74, 6) is 0. The molecule has 0 fully saturated rings. The molecule has 0 unspecified atom stereocenters. The molecule has 1 aromatic carbocycles. The minimum Gasteiger partial charge on any atom is -0.366 e. The standard InChI is InChI=1S/C15H20N4/c1-17-7-8-19(11-13-9-16-18(2)10-13)15-6-4-3-5-14(15)12-17/h3-6,9-10H,7-8,11-12H2,1-2H3. The van der Waals surface area contributed by atoms with Gasteiger partial charge in [-0.25, -0.2) is 0 Å². The van der Waals surface area contributed by atoms with Crippen LogP contribution in [0, 0.1) is 0 Å². The highest BCUT2D eigenvalue weighted by Crippen LogP contribution is 2.25. The Morgan fingerprint density at radius 1 is 1.16 bits per heavy atom. The first kappa shape index (κ1) is 12.2. The lowest BCUT2D eigenvalue weighted by molar-refractivity contribution is 0.341. The van der Waals surface area contributed by atoms with E-state index in [4.69, 9.17) is 0 Å². The maximum Gasteiger partial charge on any atom is 0.0539 e. The maximum atomic E-state index is 4.26. The van der Waals surface area contributed by atoms with Crippen molar-refractivity contribution >= 4 is 5.69 Å². The summed E-state index contributed by atoms with van der Waals surface area (Å²) < 4.78 is 1.87. The molecule has 4 nitrogen and oxygen atoms in total. The normalized spacial score (nSPS) is 16.2. The van der Waals surface area contributed by atoms with Gasteiger partial charge in [-0.05, 0) is 18.7 Å². The van der Waals surface area contributed by atoms with Crippen LogP contribution in [0.5, 0.6) is 0 Å². The molecule has 0 N–H and O–H groups in total. The summed E-state index contributed by atoms with van der Waals surface area (Å²) >= 11 is 0. The minimum atomic E-state index is 0.929. The smallest absolute Gasteiger partial charge is 0.0539 e. The van der Waals surface area contributed by atoms with Crippen LogP contribution in [0.4, 0.5) is 5.69 Å². The van der Waals surface area contributed by atoms with Gasteiger partial charge in [0, 0.05) is 50.7 Å². The highest BCUT2D eigenvalue weighted by Gasteiger charge is 2.17. The average Bonchev–Trinajstić information content (AvgIpc) is 2.73. The SMILES string of the molecule is CN1CCN(Cc2cnn(C)c2)c2ccccc2C1. The van der Waals surface area contributed by atoms with Crippen molar-refractivity contribution in [2.45, 2.75) is 13.1 Å². The molecule has 100 valence electrons. The Morgan fingerprint density at radius 3 is 2.79 bits per heavy atom. The van der Waals surface area contributed by atoms with Crippen molar-refractivity contribution in [1.29, 1.82) is 0 Å². The molecule has 0 aliphatic carbocycles. The van der Waals surface area contributed by atoms with Crippen molar-refractivity contribution in [1.82, 2.24) is 14.7 Å². The van der Waals surface area contributed by atoms with Gasteiger partial charge in [-0.2, -0.15) is 5.10 Å². The van der Waals surface area contributed by atoms with Crippen LogP contribution >= 0.6 is 0 Å². The minimum absolute atomic E-state index is 0.929. The zero-order chi connectivity index (χ0) is 13.2. The van der Waals surface area contributed by atoms with Crippen molar-refractivity contribution in [3.63, 3.8) is 0 Å². The lowest BCUT2D eigenvalue weighted by atomic mass is 10.1. The lowest BCUT2D eigenvalue weighted by Crippen LogP contribution is -2.29. The molecule has 0 radical (unpaired) electrons.